The average molecular weight is 261 g/mol. The summed E-state index contributed by atoms with van der Waals surface area (Å²) < 4.78 is 0. The highest BCUT2D eigenvalue weighted by molar-refractivity contribution is 7.15. The van der Waals surface area contributed by atoms with Gasteiger partial charge in [-0.2, -0.15) is 0 Å². The van der Waals surface area contributed by atoms with Crippen LogP contribution < -0.4 is 0 Å². The van der Waals surface area contributed by atoms with Gasteiger partial charge in [-0.05, 0) is 19.1 Å². The molecule has 2 heterocycles. The lowest BCUT2D eigenvalue weighted by atomic mass is 10.1. The molecule has 0 atom stereocenters. The van der Waals surface area contributed by atoms with Crippen LogP contribution in [0.4, 0.5) is 0 Å². The first-order chi connectivity index (χ1) is 8.25. The van der Waals surface area contributed by atoms with Crippen molar-refractivity contribution in [3.63, 3.8) is 0 Å². The van der Waals surface area contributed by atoms with Crippen molar-refractivity contribution in [2.75, 3.05) is 0 Å². The van der Waals surface area contributed by atoms with Crippen LogP contribution in [0.2, 0.25) is 5.15 Å². The molecule has 0 bridgehead atoms. The number of nitrogens with zero attached hydrogens (tertiary/aromatic N) is 2. The normalized spacial score (nSPS) is 10.9. The molecule has 1 aromatic carbocycles. The lowest BCUT2D eigenvalue weighted by Crippen LogP contribution is -1.89. The summed E-state index contributed by atoms with van der Waals surface area (Å²) >= 11 is 7.77. The largest absolute Gasteiger partial charge is 0.159 e. The molecule has 0 aliphatic carbocycles. The first kappa shape index (κ1) is 10.7. The Morgan fingerprint density at radius 3 is 2.47 bits per heavy atom. The summed E-state index contributed by atoms with van der Waals surface area (Å²) in [5.41, 5.74) is 0.906. The maximum absolute atomic E-state index is 6.05. The van der Waals surface area contributed by atoms with E-state index in [-0.39, 0.29) is 0 Å². The summed E-state index contributed by atoms with van der Waals surface area (Å²) in [6.45, 7) is 2.08. The predicted molar refractivity (Wildman–Crippen MR) is 72.6 cm³/mol. The van der Waals surface area contributed by atoms with Crippen LogP contribution in [0.25, 0.3) is 21.3 Å². The standard InChI is InChI=1S/C13H9ClN2S/c1-8-6-7-11(17-8)12-9-4-2-3-5-10(9)13(14)16-15-12/h2-7H,1H3. The van der Waals surface area contributed by atoms with Crippen molar-refractivity contribution < 1.29 is 0 Å². The van der Waals surface area contributed by atoms with Crippen LogP contribution in [-0.4, -0.2) is 10.2 Å². The molecule has 0 unspecified atom stereocenters. The Morgan fingerprint density at radius 2 is 1.76 bits per heavy atom. The molecule has 3 rings (SSSR count). The zero-order chi connectivity index (χ0) is 11.8. The number of benzene rings is 1. The summed E-state index contributed by atoms with van der Waals surface area (Å²) in [6, 6.07) is 12.1. The number of aromatic nitrogens is 2. The van der Waals surface area contributed by atoms with Crippen molar-refractivity contribution in [1.29, 1.82) is 0 Å². The highest BCUT2D eigenvalue weighted by Gasteiger charge is 2.10. The van der Waals surface area contributed by atoms with Crippen LogP contribution in [0.5, 0.6) is 0 Å². The second-order valence-corrected chi connectivity index (χ2v) is 5.44. The van der Waals surface area contributed by atoms with Crippen LogP contribution in [0.1, 0.15) is 4.88 Å². The Kier molecular flexibility index (Phi) is 2.57. The van der Waals surface area contributed by atoms with Gasteiger partial charge in [0.25, 0.3) is 0 Å². The molecule has 0 aliphatic rings. The Balaban J connectivity index is 2.34. The molecule has 2 nitrogen and oxygen atoms in total. The van der Waals surface area contributed by atoms with Crippen molar-refractivity contribution in [2.45, 2.75) is 6.92 Å². The summed E-state index contributed by atoms with van der Waals surface area (Å²) in [5, 5.41) is 10.7. The van der Waals surface area contributed by atoms with Gasteiger partial charge in [0, 0.05) is 15.6 Å². The topological polar surface area (TPSA) is 25.8 Å². The number of halogens is 1. The number of rotatable bonds is 1. The second-order valence-electron chi connectivity index (χ2n) is 3.80. The second kappa shape index (κ2) is 4.09. The molecular weight excluding hydrogens is 252 g/mol. The molecule has 84 valence electrons. The van der Waals surface area contributed by atoms with E-state index in [0.717, 1.165) is 21.3 Å². The summed E-state index contributed by atoms with van der Waals surface area (Å²) in [5.74, 6) is 0. The maximum Gasteiger partial charge on any atom is 0.159 e. The lowest BCUT2D eigenvalue weighted by Gasteiger charge is -2.03. The van der Waals surface area contributed by atoms with Gasteiger partial charge in [-0.1, -0.05) is 35.9 Å². The average Bonchev–Trinajstić information content (AvgIpc) is 2.77. The molecule has 0 fully saturated rings. The third-order valence-electron chi connectivity index (χ3n) is 2.62. The minimum absolute atomic E-state index is 0.456. The highest BCUT2D eigenvalue weighted by Crippen LogP contribution is 2.33. The van der Waals surface area contributed by atoms with Crippen LogP contribution >= 0.6 is 22.9 Å². The van der Waals surface area contributed by atoms with E-state index in [1.54, 1.807) is 11.3 Å². The van der Waals surface area contributed by atoms with E-state index in [9.17, 15) is 0 Å². The zero-order valence-corrected chi connectivity index (χ0v) is 10.7. The van der Waals surface area contributed by atoms with E-state index in [4.69, 9.17) is 11.6 Å². The monoisotopic (exact) mass is 260 g/mol. The van der Waals surface area contributed by atoms with Gasteiger partial charge in [0.1, 0.15) is 5.69 Å². The molecule has 0 saturated heterocycles. The molecule has 2 aromatic heterocycles. The SMILES string of the molecule is Cc1ccc(-c2nnc(Cl)c3ccccc23)s1. The first-order valence-electron chi connectivity index (χ1n) is 5.23. The smallest absolute Gasteiger partial charge is 0.147 e. The van der Waals surface area contributed by atoms with Gasteiger partial charge in [-0.15, -0.1) is 21.5 Å². The van der Waals surface area contributed by atoms with Gasteiger partial charge in [0.2, 0.25) is 0 Å². The number of aryl methyl sites for hydroxylation is 1. The molecule has 0 amide bonds. The van der Waals surface area contributed by atoms with Crippen LogP contribution in [-0.2, 0) is 0 Å². The fourth-order valence-electron chi connectivity index (χ4n) is 1.81. The molecule has 0 saturated carbocycles. The first-order valence-corrected chi connectivity index (χ1v) is 6.43. The van der Waals surface area contributed by atoms with E-state index in [1.807, 2.05) is 24.3 Å². The number of hydrogen-bond donors (Lipinski definition) is 0. The molecule has 0 aliphatic heterocycles. The van der Waals surface area contributed by atoms with E-state index < -0.39 is 0 Å². The Labute approximate surface area is 108 Å². The third-order valence-corrected chi connectivity index (χ3v) is 3.90. The van der Waals surface area contributed by atoms with Crippen molar-refractivity contribution in [3.05, 3.63) is 46.4 Å². The van der Waals surface area contributed by atoms with Gasteiger partial charge in [-0.3, -0.25) is 0 Å². The van der Waals surface area contributed by atoms with Gasteiger partial charge in [0.05, 0.1) is 4.88 Å². The highest BCUT2D eigenvalue weighted by atomic mass is 35.5. The van der Waals surface area contributed by atoms with Crippen molar-refractivity contribution in [1.82, 2.24) is 10.2 Å². The zero-order valence-electron chi connectivity index (χ0n) is 9.14. The molecule has 0 radical (unpaired) electrons. The maximum atomic E-state index is 6.05. The van der Waals surface area contributed by atoms with Gasteiger partial charge >= 0.3 is 0 Å². The fraction of sp³-hybridized carbons (Fsp3) is 0.0769. The molecule has 3 aromatic rings. The number of fused-ring (bicyclic) bond motifs is 1. The molecule has 0 spiro atoms. The fourth-order valence-corrected chi connectivity index (χ4v) is 2.88. The van der Waals surface area contributed by atoms with E-state index in [0.29, 0.717) is 5.15 Å². The van der Waals surface area contributed by atoms with Gasteiger partial charge in [-0.25, -0.2) is 0 Å². The predicted octanol–water partition coefficient (Wildman–Crippen LogP) is 4.32. The van der Waals surface area contributed by atoms with Crippen LogP contribution in [0.15, 0.2) is 36.4 Å². The van der Waals surface area contributed by atoms with Crippen LogP contribution in [0, 0.1) is 6.92 Å². The number of thiophene rings is 1. The summed E-state index contributed by atoms with van der Waals surface area (Å²) in [4.78, 5) is 2.39. The van der Waals surface area contributed by atoms with E-state index >= 15 is 0 Å². The van der Waals surface area contributed by atoms with Gasteiger partial charge < -0.3 is 0 Å². The third kappa shape index (κ3) is 1.81. The minimum Gasteiger partial charge on any atom is -0.147 e. The molecule has 17 heavy (non-hydrogen) atoms. The molecule has 0 N–H and O–H groups in total. The minimum atomic E-state index is 0.456. The number of hydrogen-bond acceptors (Lipinski definition) is 3. The van der Waals surface area contributed by atoms with Crippen LogP contribution in [0.3, 0.4) is 0 Å². The lowest BCUT2D eigenvalue weighted by molar-refractivity contribution is 1.06. The Hall–Kier alpha value is -1.45. The molecular formula is C13H9ClN2S. The Morgan fingerprint density at radius 1 is 1.00 bits per heavy atom. The van der Waals surface area contributed by atoms with E-state index in [2.05, 4.69) is 29.3 Å². The Bertz CT molecular complexity index is 691. The van der Waals surface area contributed by atoms with Crippen molar-refractivity contribution in [3.8, 4) is 10.6 Å². The van der Waals surface area contributed by atoms with Gasteiger partial charge in [0.15, 0.2) is 5.15 Å². The van der Waals surface area contributed by atoms with E-state index in [1.165, 1.54) is 4.88 Å². The summed E-state index contributed by atoms with van der Waals surface area (Å²) in [7, 11) is 0. The molecule has 4 heteroatoms. The summed E-state index contributed by atoms with van der Waals surface area (Å²) in [6.07, 6.45) is 0. The van der Waals surface area contributed by atoms with Crippen molar-refractivity contribution in [2.24, 2.45) is 0 Å². The quantitative estimate of drug-likeness (QED) is 0.651. The van der Waals surface area contributed by atoms with Crippen molar-refractivity contribution >= 4 is 33.7 Å².